The van der Waals surface area contributed by atoms with Crippen molar-refractivity contribution in [3.8, 4) is 11.4 Å². The van der Waals surface area contributed by atoms with Crippen LogP contribution in [-0.4, -0.2) is 39.5 Å². The fourth-order valence-corrected chi connectivity index (χ4v) is 4.39. The summed E-state index contributed by atoms with van der Waals surface area (Å²) in [7, 11) is 1.25. The molecule has 0 saturated heterocycles. The predicted molar refractivity (Wildman–Crippen MR) is 139 cm³/mol. The number of rotatable bonds is 9. The lowest BCUT2D eigenvalue weighted by Gasteiger charge is -2.17. The van der Waals surface area contributed by atoms with E-state index in [4.69, 9.17) is 21.1 Å². The van der Waals surface area contributed by atoms with Crippen LogP contribution in [0.4, 0.5) is 10.1 Å². The molecular formula is C26H22ClFN4O4S. The summed E-state index contributed by atoms with van der Waals surface area (Å²) in [5.74, 6) is -0.875. The van der Waals surface area contributed by atoms with Gasteiger partial charge in [-0.1, -0.05) is 53.7 Å². The molecule has 0 aliphatic rings. The third kappa shape index (κ3) is 6.28. The molecule has 0 aliphatic carbocycles. The summed E-state index contributed by atoms with van der Waals surface area (Å²) in [4.78, 5) is 24.6. The largest absolute Gasteiger partial charge is 0.480 e. The Labute approximate surface area is 221 Å². The normalized spacial score (nSPS) is 11.6. The smallest absolute Gasteiger partial charge is 0.339 e. The highest BCUT2D eigenvalue weighted by Gasteiger charge is 2.22. The van der Waals surface area contributed by atoms with Crippen molar-refractivity contribution < 1.29 is 23.5 Å². The van der Waals surface area contributed by atoms with Crippen LogP contribution in [0.1, 0.15) is 29.2 Å². The molecule has 0 radical (unpaired) electrons. The lowest BCUT2D eigenvalue weighted by molar-refractivity contribution is -0.113. The Morgan fingerprint density at radius 1 is 1.08 bits per heavy atom. The van der Waals surface area contributed by atoms with Crippen molar-refractivity contribution in [3.05, 3.63) is 95.0 Å². The molecule has 4 rings (SSSR count). The number of thioether (sulfide) groups is 1. The average molecular weight is 541 g/mol. The third-order valence-corrected chi connectivity index (χ3v) is 6.42. The molecule has 0 fully saturated rings. The maximum absolute atomic E-state index is 14.1. The number of anilines is 1. The van der Waals surface area contributed by atoms with E-state index >= 15 is 0 Å². The Balaban J connectivity index is 1.52. The molecule has 0 spiro atoms. The molecule has 37 heavy (non-hydrogen) atoms. The number of hydrogen-bond acceptors (Lipinski definition) is 7. The predicted octanol–water partition coefficient (Wildman–Crippen LogP) is 5.72. The molecule has 4 aromatic rings. The summed E-state index contributed by atoms with van der Waals surface area (Å²) in [6.45, 7) is 1.75. The first kappa shape index (κ1) is 26.2. The average Bonchev–Trinajstić information content (AvgIpc) is 3.34. The number of esters is 1. The van der Waals surface area contributed by atoms with Crippen LogP contribution in [0.25, 0.3) is 5.69 Å². The van der Waals surface area contributed by atoms with Crippen LogP contribution in [0, 0.1) is 5.82 Å². The summed E-state index contributed by atoms with van der Waals surface area (Å²) >= 11 is 7.21. The molecule has 0 aliphatic heterocycles. The maximum Gasteiger partial charge on any atom is 0.339 e. The quantitative estimate of drug-likeness (QED) is 0.214. The molecule has 1 heterocycles. The molecule has 1 amide bonds. The van der Waals surface area contributed by atoms with Gasteiger partial charge in [0.05, 0.1) is 23.4 Å². The summed E-state index contributed by atoms with van der Waals surface area (Å²) in [5.41, 5.74) is 1.30. The first-order valence-corrected chi connectivity index (χ1v) is 12.5. The molecule has 11 heteroatoms. The number of amides is 1. The van der Waals surface area contributed by atoms with Gasteiger partial charge in [-0.05, 0) is 49.4 Å². The summed E-state index contributed by atoms with van der Waals surface area (Å²) < 4.78 is 26.4. The molecule has 190 valence electrons. The van der Waals surface area contributed by atoms with Crippen molar-refractivity contribution in [1.29, 1.82) is 0 Å². The highest BCUT2D eigenvalue weighted by molar-refractivity contribution is 7.99. The first-order valence-electron chi connectivity index (χ1n) is 11.1. The molecule has 0 bridgehead atoms. The fourth-order valence-electron chi connectivity index (χ4n) is 3.44. The van der Waals surface area contributed by atoms with Gasteiger partial charge in [-0.3, -0.25) is 9.36 Å². The standard InChI is InChI=1S/C26H22ClFN4O4S/c1-16(36-22-11-7-6-10-21(22)28)24-30-31-26(32(24)18-8-4-3-5-9-18)37-15-23(33)29-17-12-13-20(27)19(14-17)25(34)35-2/h3-14,16H,15H2,1-2H3,(H,29,33). The van der Waals surface area contributed by atoms with Gasteiger partial charge in [0.1, 0.15) is 0 Å². The zero-order chi connectivity index (χ0) is 26.4. The zero-order valence-corrected chi connectivity index (χ0v) is 21.4. The third-order valence-electron chi connectivity index (χ3n) is 5.16. The van der Waals surface area contributed by atoms with Crippen molar-refractivity contribution in [2.24, 2.45) is 0 Å². The van der Waals surface area contributed by atoms with Crippen LogP contribution in [0.3, 0.4) is 0 Å². The zero-order valence-electron chi connectivity index (χ0n) is 19.9. The van der Waals surface area contributed by atoms with Crippen LogP contribution in [-0.2, 0) is 9.53 Å². The van der Waals surface area contributed by atoms with Crippen molar-refractivity contribution in [1.82, 2.24) is 14.8 Å². The van der Waals surface area contributed by atoms with Crippen LogP contribution < -0.4 is 10.1 Å². The minimum atomic E-state index is -0.640. The minimum absolute atomic E-state index is 0.00367. The number of benzene rings is 3. The Hall–Kier alpha value is -3.89. The Morgan fingerprint density at radius 2 is 1.81 bits per heavy atom. The van der Waals surface area contributed by atoms with Crippen LogP contribution in [0.5, 0.6) is 5.75 Å². The lowest BCUT2D eigenvalue weighted by atomic mass is 10.2. The van der Waals surface area contributed by atoms with Gasteiger partial charge in [0.15, 0.2) is 28.7 Å². The minimum Gasteiger partial charge on any atom is -0.480 e. The van der Waals surface area contributed by atoms with Crippen molar-refractivity contribution in [3.63, 3.8) is 0 Å². The number of carbonyl (C=O) groups is 2. The number of ether oxygens (including phenoxy) is 2. The summed E-state index contributed by atoms with van der Waals surface area (Å²) in [5, 5.41) is 11.9. The van der Waals surface area contributed by atoms with Gasteiger partial charge in [-0.2, -0.15) is 0 Å². The van der Waals surface area contributed by atoms with Gasteiger partial charge in [-0.25, -0.2) is 9.18 Å². The van der Waals surface area contributed by atoms with Crippen LogP contribution in [0.15, 0.2) is 78.0 Å². The maximum atomic E-state index is 14.1. The highest BCUT2D eigenvalue weighted by atomic mass is 35.5. The van der Waals surface area contributed by atoms with E-state index in [1.54, 1.807) is 29.7 Å². The second-order valence-electron chi connectivity index (χ2n) is 7.73. The van der Waals surface area contributed by atoms with E-state index in [1.165, 1.54) is 43.1 Å². The Morgan fingerprint density at radius 3 is 2.54 bits per heavy atom. The van der Waals surface area contributed by atoms with E-state index < -0.39 is 17.9 Å². The SMILES string of the molecule is COC(=O)c1cc(NC(=O)CSc2nnc(C(C)Oc3ccccc3F)n2-c2ccccc2)ccc1Cl. The second-order valence-corrected chi connectivity index (χ2v) is 9.07. The summed E-state index contributed by atoms with van der Waals surface area (Å²) in [6, 6.07) is 20.0. The van der Waals surface area contributed by atoms with E-state index in [9.17, 15) is 14.0 Å². The monoisotopic (exact) mass is 540 g/mol. The molecule has 1 aromatic heterocycles. The number of carbonyl (C=O) groups excluding carboxylic acids is 2. The van der Waals surface area contributed by atoms with E-state index in [0.717, 1.165) is 5.69 Å². The number of aromatic nitrogens is 3. The molecule has 1 N–H and O–H groups in total. The van der Waals surface area contributed by atoms with Gasteiger partial charge >= 0.3 is 5.97 Å². The van der Waals surface area contributed by atoms with Crippen LogP contribution >= 0.6 is 23.4 Å². The fraction of sp³-hybridized carbons (Fsp3) is 0.154. The number of hydrogen-bond donors (Lipinski definition) is 1. The molecule has 1 atom stereocenters. The summed E-state index contributed by atoms with van der Waals surface area (Å²) in [6.07, 6.45) is -0.640. The van der Waals surface area contributed by atoms with Gasteiger partial charge in [0.2, 0.25) is 5.91 Å². The second kappa shape index (κ2) is 11.9. The van der Waals surface area contributed by atoms with Crippen LogP contribution in [0.2, 0.25) is 5.02 Å². The van der Waals surface area contributed by atoms with E-state index in [-0.39, 0.29) is 28.0 Å². The Bertz CT molecular complexity index is 1420. The Kier molecular flexibility index (Phi) is 8.42. The number of methoxy groups -OCH3 is 1. The molecule has 8 nitrogen and oxygen atoms in total. The number of nitrogens with zero attached hydrogens (tertiary/aromatic N) is 3. The molecule has 1 unspecified atom stereocenters. The molecule has 3 aromatic carbocycles. The van der Waals surface area contributed by atoms with Gasteiger partial charge < -0.3 is 14.8 Å². The number of nitrogens with one attached hydrogen (secondary N) is 1. The number of para-hydroxylation sites is 2. The molecule has 0 saturated carbocycles. The van der Waals surface area contributed by atoms with Gasteiger partial charge in [0.25, 0.3) is 0 Å². The topological polar surface area (TPSA) is 95.3 Å². The van der Waals surface area contributed by atoms with E-state index in [1.807, 2.05) is 30.3 Å². The number of halogens is 2. The van der Waals surface area contributed by atoms with Gasteiger partial charge in [0, 0.05) is 11.4 Å². The highest BCUT2D eigenvalue weighted by Crippen LogP contribution is 2.29. The van der Waals surface area contributed by atoms with Gasteiger partial charge in [-0.15, -0.1) is 10.2 Å². The van der Waals surface area contributed by atoms with E-state index in [2.05, 4.69) is 15.5 Å². The molecular weight excluding hydrogens is 519 g/mol. The van der Waals surface area contributed by atoms with Crippen molar-refractivity contribution in [2.45, 2.75) is 18.2 Å². The van der Waals surface area contributed by atoms with Crippen molar-refractivity contribution >= 4 is 40.9 Å². The lowest BCUT2D eigenvalue weighted by Crippen LogP contribution is -2.16. The van der Waals surface area contributed by atoms with Crippen molar-refractivity contribution in [2.75, 3.05) is 18.2 Å². The van der Waals surface area contributed by atoms with E-state index in [0.29, 0.717) is 16.7 Å². The first-order chi connectivity index (χ1) is 17.9.